The van der Waals surface area contributed by atoms with Gasteiger partial charge in [0.05, 0.1) is 12.9 Å². The van der Waals surface area contributed by atoms with Crippen LogP contribution in [0.4, 0.5) is 5.69 Å². The third-order valence-electron chi connectivity index (χ3n) is 6.70. The van der Waals surface area contributed by atoms with Crippen LogP contribution < -0.4 is 9.64 Å². The fourth-order valence-electron chi connectivity index (χ4n) is 4.63. The second kappa shape index (κ2) is 10.1. The van der Waals surface area contributed by atoms with Gasteiger partial charge in [0.15, 0.2) is 9.84 Å². The van der Waals surface area contributed by atoms with E-state index in [1.54, 1.807) is 24.3 Å². The zero-order valence-electron chi connectivity index (χ0n) is 20.7. The van der Waals surface area contributed by atoms with E-state index in [1.165, 1.54) is 7.11 Å². The summed E-state index contributed by atoms with van der Waals surface area (Å²) >= 11 is 0. The molecule has 0 bridgehead atoms. The van der Waals surface area contributed by atoms with Crippen molar-refractivity contribution >= 4 is 21.4 Å². The van der Waals surface area contributed by atoms with Gasteiger partial charge in [-0.15, -0.1) is 0 Å². The first-order valence-electron chi connectivity index (χ1n) is 11.7. The topological polar surface area (TPSA) is 66.9 Å². The van der Waals surface area contributed by atoms with Gasteiger partial charge in [0, 0.05) is 37.4 Å². The van der Waals surface area contributed by atoms with Crippen LogP contribution >= 0.6 is 0 Å². The Morgan fingerprint density at radius 3 is 2.60 bits per heavy atom. The molecule has 0 radical (unpaired) electrons. The van der Waals surface area contributed by atoms with Crippen LogP contribution in [0.3, 0.4) is 0 Å². The highest BCUT2D eigenvalue weighted by molar-refractivity contribution is 7.90. The molecule has 1 unspecified atom stereocenters. The van der Waals surface area contributed by atoms with Gasteiger partial charge in [0.1, 0.15) is 10.6 Å². The standard InChI is InChI=1S/C28H32N2O4S/c1-20-12-13-21(2)25(16-20)28(31)30-15-14-24(18-30)29(3)23-9-7-8-22(17-23)19-35(32,33)27-11-6-5-10-26(27)34-4/h5-13,16-17,24H,14-15,18-19H2,1-4H3. The number of ether oxygens (including phenoxy) is 1. The number of methoxy groups -OCH3 is 1. The molecule has 35 heavy (non-hydrogen) atoms. The number of nitrogens with zero attached hydrogens (tertiary/aromatic N) is 2. The van der Waals surface area contributed by atoms with E-state index in [-0.39, 0.29) is 22.6 Å². The molecular weight excluding hydrogens is 460 g/mol. The number of para-hydroxylation sites is 1. The number of likely N-dealkylation sites (N-methyl/N-ethyl adjacent to an activating group) is 1. The first kappa shape index (κ1) is 24.8. The monoisotopic (exact) mass is 492 g/mol. The van der Waals surface area contributed by atoms with Crippen LogP contribution in [0.5, 0.6) is 5.75 Å². The van der Waals surface area contributed by atoms with Gasteiger partial charge in [0.2, 0.25) is 0 Å². The fraction of sp³-hybridized carbons (Fsp3) is 0.321. The minimum Gasteiger partial charge on any atom is -0.495 e. The highest BCUT2D eigenvalue weighted by Crippen LogP contribution is 2.29. The molecule has 1 atom stereocenters. The summed E-state index contributed by atoms with van der Waals surface area (Å²) in [7, 11) is -0.0959. The summed E-state index contributed by atoms with van der Waals surface area (Å²) in [5, 5.41) is 0. The molecule has 3 aromatic rings. The number of benzene rings is 3. The number of rotatable bonds is 7. The van der Waals surface area contributed by atoms with E-state index in [1.807, 2.05) is 68.3 Å². The first-order valence-corrected chi connectivity index (χ1v) is 13.4. The van der Waals surface area contributed by atoms with Crippen LogP contribution in [0, 0.1) is 13.8 Å². The average Bonchev–Trinajstić information content (AvgIpc) is 3.35. The van der Waals surface area contributed by atoms with Crippen LogP contribution in [0.25, 0.3) is 0 Å². The third kappa shape index (κ3) is 5.35. The minimum atomic E-state index is -3.57. The number of carbonyl (C=O) groups excluding carboxylic acids is 1. The van der Waals surface area contributed by atoms with Gasteiger partial charge in [-0.3, -0.25) is 4.79 Å². The van der Waals surface area contributed by atoms with Crippen molar-refractivity contribution in [1.82, 2.24) is 4.90 Å². The minimum absolute atomic E-state index is 0.0683. The van der Waals surface area contributed by atoms with Gasteiger partial charge < -0.3 is 14.5 Å². The Morgan fingerprint density at radius 1 is 1.06 bits per heavy atom. The summed E-state index contributed by atoms with van der Waals surface area (Å²) in [6, 6.07) is 20.4. The van der Waals surface area contributed by atoms with Gasteiger partial charge in [-0.2, -0.15) is 0 Å². The summed E-state index contributed by atoms with van der Waals surface area (Å²) < 4.78 is 31.4. The van der Waals surface area contributed by atoms with E-state index < -0.39 is 9.84 Å². The van der Waals surface area contributed by atoms with Crippen LogP contribution in [0.15, 0.2) is 71.6 Å². The predicted molar refractivity (Wildman–Crippen MR) is 139 cm³/mol. The van der Waals surface area contributed by atoms with Crippen molar-refractivity contribution in [1.29, 1.82) is 0 Å². The number of carbonyl (C=O) groups is 1. The normalized spacial score (nSPS) is 15.8. The highest BCUT2D eigenvalue weighted by atomic mass is 32.2. The summed E-state index contributed by atoms with van der Waals surface area (Å²) in [4.78, 5) is 17.4. The lowest BCUT2D eigenvalue weighted by Gasteiger charge is -2.27. The molecule has 4 rings (SSSR count). The lowest BCUT2D eigenvalue weighted by atomic mass is 10.0. The molecule has 1 amide bonds. The lowest BCUT2D eigenvalue weighted by Crippen LogP contribution is -2.36. The summed E-state index contributed by atoms with van der Waals surface area (Å²) in [6.07, 6.45) is 0.858. The van der Waals surface area contributed by atoms with Crippen molar-refractivity contribution in [2.45, 2.75) is 37.0 Å². The molecule has 1 aliphatic rings. The molecule has 0 aliphatic carbocycles. The maximum atomic E-state index is 13.2. The average molecular weight is 493 g/mol. The van der Waals surface area contributed by atoms with Gasteiger partial charge in [-0.1, -0.05) is 42.0 Å². The smallest absolute Gasteiger partial charge is 0.254 e. The number of anilines is 1. The largest absolute Gasteiger partial charge is 0.495 e. The summed E-state index contributed by atoms with van der Waals surface area (Å²) in [5.41, 5.74) is 4.47. The van der Waals surface area contributed by atoms with Crippen molar-refractivity contribution in [3.05, 3.63) is 89.0 Å². The Morgan fingerprint density at radius 2 is 1.83 bits per heavy atom. The molecular formula is C28H32N2O4S. The number of amides is 1. The molecule has 184 valence electrons. The van der Waals surface area contributed by atoms with E-state index in [2.05, 4.69) is 4.90 Å². The molecule has 0 N–H and O–H groups in total. The van der Waals surface area contributed by atoms with E-state index >= 15 is 0 Å². The quantitative estimate of drug-likeness (QED) is 0.481. The number of hydrogen-bond donors (Lipinski definition) is 0. The molecule has 0 saturated carbocycles. The summed E-state index contributed by atoms with van der Waals surface area (Å²) in [5.74, 6) is 0.302. The predicted octanol–water partition coefficient (Wildman–Crippen LogP) is 4.64. The Balaban J connectivity index is 1.48. The van der Waals surface area contributed by atoms with E-state index in [4.69, 9.17) is 4.74 Å². The Kier molecular flexibility index (Phi) is 7.17. The molecule has 0 spiro atoms. The molecule has 3 aromatic carbocycles. The number of aryl methyl sites for hydroxylation is 2. The van der Waals surface area contributed by atoms with Crippen LogP contribution in [0.2, 0.25) is 0 Å². The van der Waals surface area contributed by atoms with Crippen LogP contribution in [0.1, 0.15) is 33.5 Å². The fourth-order valence-corrected chi connectivity index (χ4v) is 6.15. The zero-order chi connectivity index (χ0) is 25.2. The SMILES string of the molecule is COc1ccccc1S(=O)(=O)Cc1cccc(N(C)C2CCN(C(=O)c3cc(C)ccc3C)C2)c1. The molecule has 1 heterocycles. The van der Waals surface area contributed by atoms with Crippen molar-refractivity contribution in [2.24, 2.45) is 0 Å². The van der Waals surface area contributed by atoms with Crippen LogP contribution in [-0.2, 0) is 15.6 Å². The summed E-state index contributed by atoms with van der Waals surface area (Å²) in [6.45, 7) is 5.30. The van der Waals surface area contributed by atoms with Crippen LogP contribution in [-0.4, -0.2) is 52.5 Å². The van der Waals surface area contributed by atoms with Crippen molar-refractivity contribution < 1.29 is 17.9 Å². The molecule has 7 heteroatoms. The maximum absolute atomic E-state index is 13.2. The molecule has 1 fully saturated rings. The molecule has 6 nitrogen and oxygen atoms in total. The molecule has 1 aliphatic heterocycles. The van der Waals surface area contributed by atoms with Crippen molar-refractivity contribution in [3.63, 3.8) is 0 Å². The molecule has 1 saturated heterocycles. The van der Waals surface area contributed by atoms with E-state index in [0.717, 1.165) is 28.8 Å². The second-order valence-corrected chi connectivity index (χ2v) is 11.2. The number of hydrogen-bond acceptors (Lipinski definition) is 5. The van der Waals surface area contributed by atoms with Gasteiger partial charge >= 0.3 is 0 Å². The van der Waals surface area contributed by atoms with Crippen molar-refractivity contribution in [3.8, 4) is 5.75 Å². The third-order valence-corrected chi connectivity index (χ3v) is 8.42. The molecule has 0 aromatic heterocycles. The Bertz CT molecular complexity index is 1340. The number of likely N-dealkylation sites (tertiary alicyclic amines) is 1. The van der Waals surface area contributed by atoms with Gasteiger partial charge in [0.25, 0.3) is 5.91 Å². The van der Waals surface area contributed by atoms with Gasteiger partial charge in [-0.05, 0) is 61.7 Å². The van der Waals surface area contributed by atoms with Crippen molar-refractivity contribution in [2.75, 3.05) is 32.1 Å². The van der Waals surface area contributed by atoms with E-state index in [0.29, 0.717) is 24.4 Å². The number of sulfone groups is 1. The maximum Gasteiger partial charge on any atom is 0.254 e. The van der Waals surface area contributed by atoms with Gasteiger partial charge in [-0.25, -0.2) is 8.42 Å². The first-order chi connectivity index (χ1) is 16.7. The van der Waals surface area contributed by atoms with E-state index in [9.17, 15) is 13.2 Å². The zero-order valence-corrected chi connectivity index (χ0v) is 21.5. The highest BCUT2D eigenvalue weighted by Gasteiger charge is 2.30. The Labute approximate surface area is 208 Å². The lowest BCUT2D eigenvalue weighted by molar-refractivity contribution is 0.0790. The second-order valence-electron chi connectivity index (χ2n) is 9.20. The Hall–Kier alpha value is -3.32.